The second-order valence-electron chi connectivity index (χ2n) is 2.69. The summed E-state index contributed by atoms with van der Waals surface area (Å²) < 4.78 is 24.2. The van der Waals surface area contributed by atoms with Crippen molar-refractivity contribution in [2.75, 3.05) is 13.3 Å². The molecule has 0 aromatic carbocycles. The third-order valence-electron chi connectivity index (χ3n) is 1.80. The maximum absolute atomic E-state index is 12.1. The van der Waals surface area contributed by atoms with Crippen molar-refractivity contribution >= 4 is 0 Å². The van der Waals surface area contributed by atoms with E-state index < -0.39 is 18.8 Å². The molecule has 0 rings (SSSR count). The van der Waals surface area contributed by atoms with Crippen LogP contribution in [0, 0.1) is 22.7 Å². The van der Waals surface area contributed by atoms with E-state index in [1.165, 1.54) is 0 Å². The lowest BCUT2D eigenvalue weighted by Crippen LogP contribution is -2.30. The molecule has 0 radical (unpaired) electrons. The van der Waals surface area contributed by atoms with Gasteiger partial charge in [-0.2, -0.15) is 5.26 Å². The van der Waals surface area contributed by atoms with Crippen molar-refractivity contribution < 1.29 is 8.78 Å². The van der Waals surface area contributed by atoms with Gasteiger partial charge in [0.1, 0.15) is 18.8 Å². The molecule has 0 heterocycles. The summed E-state index contributed by atoms with van der Waals surface area (Å²) in [6.07, 6.45) is 0. The Labute approximate surface area is 59.7 Å². The molecule has 0 aliphatic rings. The van der Waals surface area contributed by atoms with Crippen LogP contribution in [0.25, 0.3) is 0 Å². The Morgan fingerprint density at radius 3 is 1.80 bits per heavy atom. The van der Waals surface area contributed by atoms with Gasteiger partial charge in [-0.3, -0.25) is 0 Å². The maximum atomic E-state index is 12.1. The van der Waals surface area contributed by atoms with Gasteiger partial charge >= 0.3 is 0 Å². The molecule has 0 saturated heterocycles. The van der Waals surface area contributed by atoms with Gasteiger partial charge in [0.05, 0.1) is 6.07 Å². The highest BCUT2D eigenvalue weighted by Gasteiger charge is 2.34. The summed E-state index contributed by atoms with van der Waals surface area (Å²) in [4.78, 5) is 0. The summed E-state index contributed by atoms with van der Waals surface area (Å²) >= 11 is 0. The first-order valence-corrected chi connectivity index (χ1v) is 3.16. The van der Waals surface area contributed by atoms with E-state index in [4.69, 9.17) is 5.26 Å². The zero-order valence-corrected chi connectivity index (χ0v) is 6.19. The van der Waals surface area contributed by atoms with Crippen LogP contribution in [0.15, 0.2) is 0 Å². The molecule has 0 aromatic heterocycles. The van der Waals surface area contributed by atoms with E-state index in [2.05, 4.69) is 0 Å². The van der Waals surface area contributed by atoms with Crippen LogP contribution in [0.1, 0.15) is 13.8 Å². The van der Waals surface area contributed by atoms with Gasteiger partial charge in [-0.05, 0) is 5.92 Å². The second kappa shape index (κ2) is 3.50. The fourth-order valence-corrected chi connectivity index (χ4v) is 0.533. The second-order valence-corrected chi connectivity index (χ2v) is 2.69. The SMILES string of the molecule is CC(C)C(C#N)(CF)CF. The lowest BCUT2D eigenvalue weighted by atomic mass is 9.81. The molecule has 3 heteroatoms. The van der Waals surface area contributed by atoms with Crippen LogP contribution in [0.2, 0.25) is 0 Å². The minimum absolute atomic E-state index is 0.271. The minimum Gasteiger partial charge on any atom is -0.249 e. The highest BCUT2D eigenvalue weighted by Crippen LogP contribution is 2.27. The zero-order valence-electron chi connectivity index (χ0n) is 6.19. The van der Waals surface area contributed by atoms with Gasteiger partial charge in [-0.15, -0.1) is 0 Å². The number of rotatable bonds is 3. The molecular weight excluding hydrogens is 136 g/mol. The molecule has 0 fully saturated rings. The van der Waals surface area contributed by atoms with E-state index in [9.17, 15) is 8.78 Å². The molecule has 0 unspecified atom stereocenters. The standard InChI is InChI=1S/C7H11F2N/c1-6(2)7(3-8,4-9)5-10/h6H,3-4H2,1-2H3. The monoisotopic (exact) mass is 147 g/mol. The summed E-state index contributed by atoms with van der Waals surface area (Å²) in [6, 6.07) is 1.66. The largest absolute Gasteiger partial charge is 0.249 e. The summed E-state index contributed by atoms with van der Waals surface area (Å²) in [5, 5.41) is 8.42. The molecule has 0 amide bonds. The first kappa shape index (κ1) is 9.35. The van der Waals surface area contributed by atoms with E-state index in [0.717, 1.165) is 0 Å². The molecule has 10 heavy (non-hydrogen) atoms. The smallest absolute Gasteiger partial charge is 0.116 e. The Hall–Kier alpha value is -0.650. The van der Waals surface area contributed by atoms with Crippen LogP contribution < -0.4 is 0 Å². The number of nitrogens with zero attached hydrogens (tertiary/aromatic N) is 1. The topological polar surface area (TPSA) is 23.8 Å². The third-order valence-corrected chi connectivity index (χ3v) is 1.80. The molecule has 58 valence electrons. The van der Waals surface area contributed by atoms with Gasteiger partial charge in [-0.1, -0.05) is 13.8 Å². The van der Waals surface area contributed by atoms with Crippen LogP contribution in [-0.4, -0.2) is 13.3 Å². The quantitative estimate of drug-likeness (QED) is 0.599. The summed E-state index contributed by atoms with van der Waals surface area (Å²) in [6.45, 7) is 1.47. The minimum atomic E-state index is -1.40. The molecule has 0 bridgehead atoms. The van der Waals surface area contributed by atoms with E-state index in [0.29, 0.717) is 0 Å². The summed E-state index contributed by atoms with van der Waals surface area (Å²) in [7, 11) is 0. The van der Waals surface area contributed by atoms with Crippen molar-refractivity contribution in [1.29, 1.82) is 5.26 Å². The van der Waals surface area contributed by atoms with Crippen LogP contribution in [0.4, 0.5) is 8.78 Å². The Bertz CT molecular complexity index is 133. The lowest BCUT2D eigenvalue weighted by Gasteiger charge is -2.22. The number of hydrogen-bond acceptors (Lipinski definition) is 1. The first-order valence-electron chi connectivity index (χ1n) is 3.16. The van der Waals surface area contributed by atoms with Crippen molar-refractivity contribution in [2.45, 2.75) is 13.8 Å². The normalized spacial score (nSPS) is 11.6. The highest BCUT2D eigenvalue weighted by atomic mass is 19.1. The molecule has 1 nitrogen and oxygen atoms in total. The van der Waals surface area contributed by atoms with Crippen molar-refractivity contribution in [3.63, 3.8) is 0 Å². The van der Waals surface area contributed by atoms with Crippen molar-refractivity contribution in [3.8, 4) is 6.07 Å². The van der Waals surface area contributed by atoms with Gasteiger partial charge < -0.3 is 0 Å². The number of halogens is 2. The summed E-state index contributed by atoms with van der Waals surface area (Å²) in [5.41, 5.74) is -1.40. The van der Waals surface area contributed by atoms with Crippen LogP contribution in [-0.2, 0) is 0 Å². The number of hydrogen-bond donors (Lipinski definition) is 0. The average Bonchev–Trinajstić information content (AvgIpc) is 1.92. The van der Waals surface area contributed by atoms with Gasteiger partial charge in [0.25, 0.3) is 0 Å². The summed E-state index contributed by atoms with van der Waals surface area (Å²) in [5.74, 6) is -0.271. The molecule has 0 aliphatic heterocycles. The van der Waals surface area contributed by atoms with Crippen molar-refractivity contribution in [3.05, 3.63) is 0 Å². The third kappa shape index (κ3) is 1.44. The van der Waals surface area contributed by atoms with Crippen molar-refractivity contribution in [1.82, 2.24) is 0 Å². The molecule has 0 aliphatic carbocycles. The Morgan fingerprint density at radius 2 is 1.80 bits per heavy atom. The Balaban J connectivity index is 4.35. The van der Waals surface area contributed by atoms with Gasteiger partial charge in [0.2, 0.25) is 0 Å². The van der Waals surface area contributed by atoms with E-state index in [-0.39, 0.29) is 5.92 Å². The first-order chi connectivity index (χ1) is 4.63. The number of nitriles is 1. The molecule has 0 spiro atoms. The average molecular weight is 147 g/mol. The van der Waals surface area contributed by atoms with Gasteiger partial charge in [0.15, 0.2) is 0 Å². The van der Waals surface area contributed by atoms with Crippen molar-refractivity contribution in [2.24, 2.45) is 11.3 Å². The Kier molecular flexibility index (Phi) is 3.27. The fourth-order valence-electron chi connectivity index (χ4n) is 0.533. The number of alkyl halides is 2. The molecular formula is C7H11F2N. The molecule has 0 N–H and O–H groups in total. The predicted molar refractivity (Wildman–Crippen MR) is 34.8 cm³/mol. The molecule has 0 saturated carbocycles. The molecule has 0 aromatic rings. The fraction of sp³-hybridized carbons (Fsp3) is 0.857. The van der Waals surface area contributed by atoms with Crippen LogP contribution >= 0.6 is 0 Å². The predicted octanol–water partition coefficient (Wildman–Crippen LogP) is 2.09. The zero-order chi connectivity index (χ0) is 8.20. The lowest BCUT2D eigenvalue weighted by molar-refractivity contribution is 0.157. The van der Waals surface area contributed by atoms with Gasteiger partial charge in [-0.25, -0.2) is 8.78 Å². The van der Waals surface area contributed by atoms with E-state index >= 15 is 0 Å². The molecule has 0 atom stereocenters. The van der Waals surface area contributed by atoms with Crippen LogP contribution in [0.5, 0.6) is 0 Å². The Morgan fingerprint density at radius 1 is 1.40 bits per heavy atom. The maximum Gasteiger partial charge on any atom is 0.116 e. The van der Waals surface area contributed by atoms with Crippen LogP contribution in [0.3, 0.4) is 0 Å². The van der Waals surface area contributed by atoms with Gasteiger partial charge in [0, 0.05) is 0 Å². The highest BCUT2D eigenvalue weighted by molar-refractivity contribution is 5.00. The van der Waals surface area contributed by atoms with E-state index in [1.807, 2.05) is 0 Å². The van der Waals surface area contributed by atoms with E-state index in [1.54, 1.807) is 19.9 Å².